The van der Waals surface area contributed by atoms with Crippen LogP contribution in [0.4, 0.5) is 15.8 Å². The van der Waals surface area contributed by atoms with Gasteiger partial charge in [0.25, 0.3) is 0 Å². The molecule has 2 heterocycles. The van der Waals surface area contributed by atoms with Crippen molar-refractivity contribution in [3.05, 3.63) is 89.5 Å². The highest BCUT2D eigenvalue weighted by Crippen LogP contribution is 2.34. The van der Waals surface area contributed by atoms with Crippen LogP contribution in [0.2, 0.25) is 0 Å². The molecule has 4 aromatic rings. The monoisotopic (exact) mass is 528 g/mol. The topological polar surface area (TPSA) is 67.7 Å². The van der Waals surface area contributed by atoms with Crippen molar-refractivity contribution in [2.75, 3.05) is 29.7 Å². The van der Waals surface area contributed by atoms with Crippen LogP contribution in [0.15, 0.2) is 66.7 Å². The third-order valence-corrected chi connectivity index (χ3v) is 7.29. The van der Waals surface area contributed by atoms with Crippen molar-refractivity contribution in [3.8, 4) is 0 Å². The number of anilines is 2. The largest absolute Gasteiger partial charge is 0.361 e. The summed E-state index contributed by atoms with van der Waals surface area (Å²) in [6.45, 7) is 7.02. The van der Waals surface area contributed by atoms with Gasteiger partial charge in [-0.1, -0.05) is 43.3 Å². The van der Waals surface area contributed by atoms with E-state index in [1.54, 1.807) is 21.9 Å². The number of amides is 2. The van der Waals surface area contributed by atoms with Gasteiger partial charge in [-0.05, 0) is 61.7 Å². The fourth-order valence-electron chi connectivity index (χ4n) is 5.40. The molecule has 202 valence electrons. The maximum atomic E-state index is 14.0. The molecular formula is C31H33FN4O3. The normalized spacial score (nSPS) is 15.3. The van der Waals surface area contributed by atoms with Gasteiger partial charge in [0, 0.05) is 31.2 Å². The van der Waals surface area contributed by atoms with Gasteiger partial charge in [0.1, 0.15) is 24.9 Å². The van der Waals surface area contributed by atoms with Crippen LogP contribution in [-0.4, -0.2) is 41.2 Å². The first-order valence-corrected chi connectivity index (χ1v) is 13.4. The lowest BCUT2D eigenvalue weighted by molar-refractivity contribution is -0.120. The lowest BCUT2D eigenvalue weighted by Crippen LogP contribution is -2.37. The zero-order chi connectivity index (χ0) is 27.5. The van der Waals surface area contributed by atoms with Crippen LogP contribution in [0, 0.1) is 12.7 Å². The second kappa shape index (κ2) is 11.4. The lowest BCUT2D eigenvalue weighted by atomic mass is 10.0. The molecule has 1 fully saturated rings. The summed E-state index contributed by atoms with van der Waals surface area (Å²) in [7, 11) is 0. The highest BCUT2D eigenvalue weighted by atomic mass is 19.1. The van der Waals surface area contributed by atoms with Gasteiger partial charge in [-0.3, -0.25) is 14.5 Å². The van der Waals surface area contributed by atoms with E-state index in [0.717, 1.165) is 34.3 Å². The summed E-state index contributed by atoms with van der Waals surface area (Å²) in [6.07, 6.45) is 1.01. The van der Waals surface area contributed by atoms with Gasteiger partial charge in [0.15, 0.2) is 0 Å². The lowest BCUT2D eigenvalue weighted by Gasteiger charge is -2.27. The van der Waals surface area contributed by atoms with Gasteiger partial charge in [-0.15, -0.1) is 0 Å². The molecule has 1 aromatic heterocycles. The first-order valence-electron chi connectivity index (χ1n) is 13.4. The number of hydrogen-bond acceptors (Lipinski definition) is 4. The number of halogens is 1. The molecule has 0 aliphatic carbocycles. The molecule has 0 spiro atoms. The third-order valence-electron chi connectivity index (χ3n) is 7.29. The molecule has 0 N–H and O–H groups in total. The molecule has 1 unspecified atom stereocenters. The van der Waals surface area contributed by atoms with Crippen LogP contribution >= 0.6 is 0 Å². The average molecular weight is 529 g/mol. The Morgan fingerprint density at radius 2 is 1.90 bits per heavy atom. The Balaban J connectivity index is 1.51. The number of ether oxygens (including phenoxy) is 1. The second-order valence-electron chi connectivity index (χ2n) is 9.81. The molecule has 8 heteroatoms. The highest BCUT2D eigenvalue weighted by molar-refractivity contribution is 5.97. The van der Waals surface area contributed by atoms with Crippen molar-refractivity contribution in [1.29, 1.82) is 0 Å². The maximum Gasteiger partial charge on any atom is 0.248 e. The van der Waals surface area contributed by atoms with Crippen LogP contribution in [0.5, 0.6) is 0 Å². The van der Waals surface area contributed by atoms with Gasteiger partial charge >= 0.3 is 0 Å². The summed E-state index contributed by atoms with van der Waals surface area (Å²) in [5.74, 6) is -0.178. The van der Waals surface area contributed by atoms with Gasteiger partial charge < -0.3 is 14.2 Å². The number of carbonyl (C=O) groups is 2. The van der Waals surface area contributed by atoms with Gasteiger partial charge in [-0.2, -0.15) is 0 Å². The van der Waals surface area contributed by atoms with Crippen molar-refractivity contribution in [3.63, 3.8) is 0 Å². The van der Waals surface area contributed by atoms with E-state index < -0.39 is 5.82 Å². The minimum Gasteiger partial charge on any atom is -0.361 e. The number of imidazole rings is 1. The fourth-order valence-corrected chi connectivity index (χ4v) is 5.40. The van der Waals surface area contributed by atoms with Crippen LogP contribution in [0.3, 0.4) is 0 Å². The van der Waals surface area contributed by atoms with Crippen molar-refractivity contribution in [2.45, 2.75) is 46.1 Å². The van der Waals surface area contributed by atoms with Gasteiger partial charge in [-0.25, -0.2) is 9.37 Å². The van der Waals surface area contributed by atoms with E-state index in [9.17, 15) is 14.0 Å². The number of para-hydroxylation sites is 3. The Morgan fingerprint density at radius 3 is 2.67 bits per heavy atom. The molecule has 1 saturated heterocycles. The Hall–Kier alpha value is -4.04. The number of hydrogen-bond donors (Lipinski definition) is 0. The molecule has 0 saturated carbocycles. The first-order chi connectivity index (χ1) is 18.9. The minimum absolute atomic E-state index is 0.0467. The predicted octanol–water partition coefficient (Wildman–Crippen LogP) is 5.59. The highest BCUT2D eigenvalue weighted by Gasteiger charge is 2.35. The van der Waals surface area contributed by atoms with Crippen LogP contribution in [0.25, 0.3) is 11.0 Å². The van der Waals surface area contributed by atoms with E-state index in [0.29, 0.717) is 24.7 Å². The molecule has 0 radical (unpaired) electrons. The molecule has 1 atom stereocenters. The Bertz CT molecular complexity index is 1520. The SMILES string of the molecule is CCOCN(C(=O)Cn1c(C2CC(=O)N(c3cccc(F)c3)C2)nc2ccccc21)c1c(C)cccc1CC. The number of aromatic nitrogens is 2. The number of rotatable bonds is 9. The quantitative estimate of drug-likeness (QED) is 0.266. The van der Waals surface area contributed by atoms with E-state index >= 15 is 0 Å². The van der Waals surface area contributed by atoms with E-state index in [2.05, 4.69) is 6.92 Å². The number of aryl methyl sites for hydroxylation is 2. The third kappa shape index (κ3) is 5.29. The zero-order valence-electron chi connectivity index (χ0n) is 22.6. The maximum absolute atomic E-state index is 14.0. The van der Waals surface area contributed by atoms with Gasteiger partial charge in [0.05, 0.1) is 16.7 Å². The van der Waals surface area contributed by atoms with Crippen LogP contribution in [-0.2, 0) is 27.3 Å². The molecule has 1 aliphatic rings. The van der Waals surface area contributed by atoms with Crippen molar-refractivity contribution in [2.24, 2.45) is 0 Å². The Labute approximate surface area is 227 Å². The van der Waals surface area contributed by atoms with Crippen molar-refractivity contribution < 1.29 is 18.7 Å². The van der Waals surface area contributed by atoms with E-state index in [1.165, 1.54) is 12.1 Å². The van der Waals surface area contributed by atoms with E-state index in [1.807, 2.05) is 60.9 Å². The van der Waals surface area contributed by atoms with E-state index in [4.69, 9.17) is 9.72 Å². The molecular weight excluding hydrogens is 495 g/mol. The number of carbonyl (C=O) groups excluding carboxylic acids is 2. The molecule has 2 amide bonds. The van der Waals surface area contributed by atoms with Gasteiger partial charge in [0.2, 0.25) is 11.8 Å². The summed E-state index contributed by atoms with van der Waals surface area (Å²) < 4.78 is 21.6. The number of fused-ring (bicyclic) bond motifs is 1. The summed E-state index contributed by atoms with van der Waals surface area (Å²) in [6, 6.07) is 19.8. The standard InChI is InChI=1S/C31H33FN4O3/c1-4-22-11-8-10-21(3)30(22)36(20-39-5-2)29(38)19-35-27-15-7-6-14-26(27)33-31(35)23-16-28(37)34(18-23)25-13-9-12-24(32)17-25/h6-15,17,23H,4-5,16,18-20H2,1-3H3. The smallest absolute Gasteiger partial charge is 0.248 e. The molecule has 0 bridgehead atoms. The van der Waals surface area contributed by atoms with Crippen molar-refractivity contribution >= 4 is 34.2 Å². The number of benzene rings is 3. The zero-order valence-corrected chi connectivity index (χ0v) is 22.6. The van der Waals surface area contributed by atoms with Crippen LogP contribution < -0.4 is 9.80 Å². The molecule has 39 heavy (non-hydrogen) atoms. The average Bonchev–Trinajstić information content (AvgIpc) is 3.50. The molecule has 5 rings (SSSR count). The predicted molar refractivity (Wildman–Crippen MR) is 150 cm³/mol. The Kier molecular flexibility index (Phi) is 7.74. The summed E-state index contributed by atoms with van der Waals surface area (Å²) in [4.78, 5) is 35.2. The first kappa shape index (κ1) is 26.6. The molecule has 1 aliphatic heterocycles. The van der Waals surface area contributed by atoms with E-state index in [-0.39, 0.29) is 37.4 Å². The molecule has 7 nitrogen and oxygen atoms in total. The number of nitrogens with zero attached hydrogens (tertiary/aromatic N) is 4. The molecule has 3 aromatic carbocycles. The minimum atomic E-state index is -0.390. The summed E-state index contributed by atoms with van der Waals surface area (Å²) in [5, 5.41) is 0. The van der Waals surface area contributed by atoms with Crippen LogP contribution in [0.1, 0.15) is 43.1 Å². The van der Waals surface area contributed by atoms with Crippen molar-refractivity contribution in [1.82, 2.24) is 9.55 Å². The Morgan fingerprint density at radius 1 is 1.10 bits per heavy atom. The second-order valence-corrected chi connectivity index (χ2v) is 9.81. The summed E-state index contributed by atoms with van der Waals surface area (Å²) >= 11 is 0. The summed E-state index contributed by atoms with van der Waals surface area (Å²) in [5.41, 5.74) is 5.07. The fraction of sp³-hybridized carbons (Fsp3) is 0.323.